The van der Waals surface area contributed by atoms with E-state index in [2.05, 4.69) is 46.0 Å². The average molecular weight is 322 g/mol. The Hall–Kier alpha value is -2.17. The number of benzene rings is 1. The molecule has 1 aliphatic heterocycles. The maximum atomic E-state index is 13.0. The van der Waals surface area contributed by atoms with E-state index in [0.29, 0.717) is 12.5 Å². The van der Waals surface area contributed by atoms with Gasteiger partial charge in [0.15, 0.2) is 5.82 Å². The summed E-state index contributed by atoms with van der Waals surface area (Å²) in [6.07, 6.45) is 4.21. The topological polar surface area (TPSA) is 51.0 Å². The lowest BCUT2D eigenvalue weighted by atomic mass is 10.0. The lowest BCUT2D eigenvalue weighted by Gasteiger charge is -2.34. The number of hydrogen-bond acceptors (Lipinski definition) is 3. The van der Waals surface area contributed by atoms with Gasteiger partial charge in [-0.25, -0.2) is 0 Å². The SMILES string of the molecule is C[C@H]1CN(C(=O)C2Cc3ccccc3C2)Cc2nnc(C3CC3)n21. The van der Waals surface area contributed by atoms with Crippen molar-refractivity contribution >= 4 is 5.91 Å². The summed E-state index contributed by atoms with van der Waals surface area (Å²) in [7, 11) is 0. The zero-order valence-corrected chi connectivity index (χ0v) is 14.0. The Morgan fingerprint density at radius 1 is 1.12 bits per heavy atom. The Bertz CT molecular complexity index is 782. The van der Waals surface area contributed by atoms with Gasteiger partial charge in [-0.3, -0.25) is 4.79 Å². The van der Waals surface area contributed by atoms with Crippen LogP contribution in [0, 0.1) is 5.92 Å². The van der Waals surface area contributed by atoms with Gasteiger partial charge in [0.05, 0.1) is 12.6 Å². The second-order valence-electron chi connectivity index (χ2n) is 7.56. The van der Waals surface area contributed by atoms with E-state index in [1.165, 1.54) is 24.0 Å². The highest BCUT2D eigenvalue weighted by molar-refractivity contribution is 5.80. The minimum absolute atomic E-state index is 0.0898. The van der Waals surface area contributed by atoms with Crippen molar-refractivity contribution in [1.29, 1.82) is 0 Å². The third-order valence-corrected chi connectivity index (χ3v) is 5.70. The molecule has 1 amide bonds. The quantitative estimate of drug-likeness (QED) is 0.853. The molecule has 2 aliphatic carbocycles. The van der Waals surface area contributed by atoms with Crippen molar-refractivity contribution in [2.45, 2.75) is 51.1 Å². The molecule has 5 heteroatoms. The molecule has 5 nitrogen and oxygen atoms in total. The van der Waals surface area contributed by atoms with Crippen molar-refractivity contribution in [3.63, 3.8) is 0 Å². The Kier molecular flexibility index (Phi) is 3.05. The van der Waals surface area contributed by atoms with E-state index in [-0.39, 0.29) is 17.9 Å². The molecule has 124 valence electrons. The molecular formula is C19H22N4O. The van der Waals surface area contributed by atoms with Crippen LogP contribution in [-0.2, 0) is 24.2 Å². The Morgan fingerprint density at radius 3 is 2.50 bits per heavy atom. The van der Waals surface area contributed by atoms with Crippen LogP contribution in [0.4, 0.5) is 0 Å². The van der Waals surface area contributed by atoms with Crippen molar-refractivity contribution in [2.75, 3.05) is 6.54 Å². The van der Waals surface area contributed by atoms with Crippen molar-refractivity contribution < 1.29 is 4.79 Å². The highest BCUT2D eigenvalue weighted by Gasteiger charge is 2.37. The van der Waals surface area contributed by atoms with Gasteiger partial charge in [0.25, 0.3) is 0 Å². The lowest BCUT2D eigenvalue weighted by Crippen LogP contribution is -2.43. The molecule has 0 radical (unpaired) electrons. The molecule has 1 atom stereocenters. The molecule has 0 bridgehead atoms. The van der Waals surface area contributed by atoms with Gasteiger partial charge in [-0.15, -0.1) is 10.2 Å². The highest BCUT2D eigenvalue weighted by atomic mass is 16.2. The first kappa shape index (κ1) is 14.2. The van der Waals surface area contributed by atoms with Gasteiger partial charge in [0.1, 0.15) is 5.82 Å². The molecule has 1 aromatic heterocycles. The zero-order chi connectivity index (χ0) is 16.3. The first-order valence-corrected chi connectivity index (χ1v) is 9.00. The van der Waals surface area contributed by atoms with Crippen LogP contribution >= 0.6 is 0 Å². The molecule has 0 unspecified atom stereocenters. The van der Waals surface area contributed by atoms with Gasteiger partial charge in [0.2, 0.25) is 5.91 Å². The minimum Gasteiger partial charge on any atom is -0.333 e. The molecule has 24 heavy (non-hydrogen) atoms. The summed E-state index contributed by atoms with van der Waals surface area (Å²) in [6.45, 7) is 3.56. The number of aromatic nitrogens is 3. The van der Waals surface area contributed by atoms with Crippen LogP contribution in [0.5, 0.6) is 0 Å². The number of carbonyl (C=O) groups is 1. The molecular weight excluding hydrogens is 300 g/mol. The van der Waals surface area contributed by atoms with Gasteiger partial charge < -0.3 is 9.47 Å². The van der Waals surface area contributed by atoms with E-state index in [0.717, 1.165) is 31.0 Å². The maximum Gasteiger partial charge on any atom is 0.226 e. The van der Waals surface area contributed by atoms with Crippen LogP contribution in [0.2, 0.25) is 0 Å². The van der Waals surface area contributed by atoms with Crippen LogP contribution in [0.1, 0.15) is 54.5 Å². The normalized spacial score (nSPS) is 23.2. The molecule has 1 aromatic carbocycles. The third-order valence-electron chi connectivity index (χ3n) is 5.70. The van der Waals surface area contributed by atoms with Crippen LogP contribution in [0.25, 0.3) is 0 Å². The summed E-state index contributed by atoms with van der Waals surface area (Å²) in [5, 5.41) is 8.80. The number of carbonyl (C=O) groups excluding carboxylic acids is 1. The summed E-state index contributed by atoms with van der Waals surface area (Å²) in [5.41, 5.74) is 2.67. The molecule has 2 heterocycles. The first-order chi connectivity index (χ1) is 11.7. The first-order valence-electron chi connectivity index (χ1n) is 9.00. The van der Waals surface area contributed by atoms with Gasteiger partial charge in [0, 0.05) is 18.4 Å². The molecule has 0 spiro atoms. The summed E-state index contributed by atoms with van der Waals surface area (Å²) in [5.74, 6) is 3.06. The Labute approximate surface area is 141 Å². The number of amides is 1. The summed E-state index contributed by atoms with van der Waals surface area (Å²) < 4.78 is 2.28. The summed E-state index contributed by atoms with van der Waals surface area (Å²) >= 11 is 0. The van der Waals surface area contributed by atoms with Gasteiger partial charge in [-0.2, -0.15) is 0 Å². The molecule has 0 saturated heterocycles. The fraction of sp³-hybridized carbons (Fsp3) is 0.526. The van der Waals surface area contributed by atoms with Crippen molar-refractivity contribution in [3.05, 3.63) is 47.0 Å². The molecule has 1 fully saturated rings. The van der Waals surface area contributed by atoms with E-state index in [1.54, 1.807) is 0 Å². The summed E-state index contributed by atoms with van der Waals surface area (Å²) in [4.78, 5) is 15.0. The third kappa shape index (κ3) is 2.18. The fourth-order valence-corrected chi connectivity index (χ4v) is 4.34. The number of hydrogen-bond donors (Lipinski definition) is 0. The molecule has 0 N–H and O–H groups in total. The van der Waals surface area contributed by atoms with Gasteiger partial charge >= 0.3 is 0 Å². The average Bonchev–Trinajstić information content (AvgIpc) is 3.19. The second-order valence-corrected chi connectivity index (χ2v) is 7.56. The number of nitrogens with zero attached hydrogens (tertiary/aromatic N) is 4. The van der Waals surface area contributed by atoms with Gasteiger partial charge in [-0.1, -0.05) is 24.3 Å². The van der Waals surface area contributed by atoms with E-state index >= 15 is 0 Å². The van der Waals surface area contributed by atoms with E-state index in [1.807, 2.05) is 4.90 Å². The van der Waals surface area contributed by atoms with E-state index < -0.39 is 0 Å². The minimum atomic E-state index is 0.0898. The van der Waals surface area contributed by atoms with Crippen molar-refractivity contribution in [2.24, 2.45) is 5.92 Å². The molecule has 3 aliphatic rings. The fourth-order valence-electron chi connectivity index (χ4n) is 4.34. The monoisotopic (exact) mass is 322 g/mol. The van der Waals surface area contributed by atoms with Crippen LogP contribution in [0.3, 0.4) is 0 Å². The maximum absolute atomic E-state index is 13.0. The lowest BCUT2D eigenvalue weighted by molar-refractivity contribution is -0.137. The molecule has 2 aromatic rings. The van der Waals surface area contributed by atoms with Crippen LogP contribution in [-0.4, -0.2) is 32.1 Å². The van der Waals surface area contributed by atoms with Crippen molar-refractivity contribution in [1.82, 2.24) is 19.7 Å². The molecule has 1 saturated carbocycles. The van der Waals surface area contributed by atoms with E-state index in [9.17, 15) is 4.79 Å². The number of fused-ring (bicyclic) bond motifs is 2. The smallest absolute Gasteiger partial charge is 0.226 e. The van der Waals surface area contributed by atoms with Crippen LogP contribution < -0.4 is 0 Å². The number of rotatable bonds is 2. The molecule has 5 rings (SSSR count). The van der Waals surface area contributed by atoms with Gasteiger partial charge in [-0.05, 0) is 43.7 Å². The second kappa shape index (κ2) is 5.16. The predicted octanol–water partition coefficient (Wildman–Crippen LogP) is 2.47. The van der Waals surface area contributed by atoms with Crippen LogP contribution in [0.15, 0.2) is 24.3 Å². The standard InChI is InChI=1S/C19H22N4O/c1-12-10-22(11-17-20-21-18(23(12)17)13-6-7-13)19(24)16-8-14-4-2-3-5-15(14)9-16/h2-5,12-13,16H,6-11H2,1H3/t12-/m0/s1. The predicted molar refractivity (Wildman–Crippen MR) is 89.5 cm³/mol. The zero-order valence-electron chi connectivity index (χ0n) is 14.0. The van der Waals surface area contributed by atoms with E-state index in [4.69, 9.17) is 0 Å². The highest BCUT2D eigenvalue weighted by Crippen LogP contribution is 2.41. The summed E-state index contributed by atoms with van der Waals surface area (Å²) in [6, 6.07) is 8.71. The Balaban J connectivity index is 1.36. The van der Waals surface area contributed by atoms with Crippen molar-refractivity contribution in [3.8, 4) is 0 Å². The Morgan fingerprint density at radius 2 is 1.83 bits per heavy atom. The largest absolute Gasteiger partial charge is 0.333 e.